The Hall–Kier alpha value is -2.34. The largest absolute Gasteiger partial charge is 0.494 e. The first-order valence-electron chi connectivity index (χ1n) is 10.4. The lowest BCUT2D eigenvalue weighted by molar-refractivity contribution is -0.137. The van der Waals surface area contributed by atoms with Gasteiger partial charge in [-0.3, -0.25) is 4.79 Å². The van der Waals surface area contributed by atoms with Crippen molar-refractivity contribution in [1.29, 1.82) is 0 Å². The Labute approximate surface area is 182 Å². The number of carbonyl (C=O) groups excluding carboxylic acids is 3. The Kier molecular flexibility index (Phi) is 10.4. The smallest absolute Gasteiger partial charge is 0.338 e. The van der Waals surface area contributed by atoms with Crippen LogP contribution in [0.2, 0.25) is 0 Å². The van der Waals surface area contributed by atoms with Crippen LogP contribution < -0.4 is 4.74 Å². The Balaban J connectivity index is 1.60. The van der Waals surface area contributed by atoms with Crippen molar-refractivity contribution in [2.45, 2.75) is 57.5 Å². The van der Waals surface area contributed by atoms with Gasteiger partial charge >= 0.3 is 11.9 Å². The fourth-order valence-electron chi connectivity index (χ4n) is 3.29. The predicted octanol–water partition coefficient (Wildman–Crippen LogP) is 4.84. The number of benzene rings is 1. The summed E-state index contributed by atoms with van der Waals surface area (Å²) in [5.41, 5.74) is 0.479. The highest BCUT2D eigenvalue weighted by molar-refractivity contribution is 6.63. The molecule has 0 spiro atoms. The van der Waals surface area contributed by atoms with E-state index in [1.54, 1.807) is 24.3 Å². The summed E-state index contributed by atoms with van der Waals surface area (Å²) < 4.78 is 16.1. The maximum absolute atomic E-state index is 12.3. The minimum Gasteiger partial charge on any atom is -0.494 e. The molecule has 1 aliphatic rings. The number of esters is 2. The van der Waals surface area contributed by atoms with Gasteiger partial charge in [0.15, 0.2) is 0 Å². The van der Waals surface area contributed by atoms with Gasteiger partial charge in [0.25, 0.3) is 0 Å². The van der Waals surface area contributed by atoms with Crippen molar-refractivity contribution in [2.24, 2.45) is 5.92 Å². The zero-order valence-electron chi connectivity index (χ0n) is 17.1. The number of unbranched alkanes of at least 4 members (excludes halogenated alkanes) is 3. The number of halogens is 1. The first-order valence-corrected chi connectivity index (χ1v) is 10.8. The first kappa shape index (κ1) is 23.9. The zero-order chi connectivity index (χ0) is 21.8. The SMILES string of the molecule is C=CC(=O)OCCCCCCOc1ccc(C(=O)OC2CCC(C(=O)Cl)CC2)cc1. The van der Waals surface area contributed by atoms with E-state index in [0.29, 0.717) is 50.2 Å². The van der Waals surface area contributed by atoms with Crippen LogP contribution in [0.4, 0.5) is 0 Å². The van der Waals surface area contributed by atoms with E-state index in [1.165, 1.54) is 0 Å². The van der Waals surface area contributed by atoms with E-state index in [9.17, 15) is 14.4 Å². The molecule has 7 heteroatoms. The molecule has 0 atom stereocenters. The summed E-state index contributed by atoms with van der Waals surface area (Å²) in [7, 11) is 0. The van der Waals surface area contributed by atoms with Crippen LogP contribution in [0.1, 0.15) is 61.7 Å². The monoisotopic (exact) mass is 436 g/mol. The van der Waals surface area contributed by atoms with E-state index < -0.39 is 0 Å². The molecule has 6 nitrogen and oxygen atoms in total. The molecule has 2 rings (SSSR count). The van der Waals surface area contributed by atoms with Gasteiger partial charge in [-0.05, 0) is 87.2 Å². The van der Waals surface area contributed by atoms with Crippen molar-refractivity contribution in [1.82, 2.24) is 0 Å². The summed E-state index contributed by atoms with van der Waals surface area (Å²) in [6.45, 7) is 4.34. The van der Waals surface area contributed by atoms with Gasteiger partial charge in [-0.1, -0.05) is 6.58 Å². The number of hydrogen-bond acceptors (Lipinski definition) is 6. The molecule has 1 saturated carbocycles. The Morgan fingerprint density at radius 3 is 2.20 bits per heavy atom. The van der Waals surface area contributed by atoms with Gasteiger partial charge in [0, 0.05) is 12.0 Å². The summed E-state index contributed by atoms with van der Waals surface area (Å²) in [4.78, 5) is 34.4. The van der Waals surface area contributed by atoms with Gasteiger partial charge in [-0.25, -0.2) is 9.59 Å². The van der Waals surface area contributed by atoms with E-state index in [4.69, 9.17) is 25.8 Å². The normalized spacial score (nSPS) is 18.3. The molecule has 0 saturated heterocycles. The molecular weight excluding hydrogens is 408 g/mol. The lowest BCUT2D eigenvalue weighted by atomic mass is 9.88. The molecule has 0 unspecified atom stereocenters. The molecule has 30 heavy (non-hydrogen) atoms. The highest BCUT2D eigenvalue weighted by atomic mass is 35.5. The van der Waals surface area contributed by atoms with Crippen LogP contribution in [0.5, 0.6) is 5.75 Å². The molecule has 0 radical (unpaired) electrons. The highest BCUT2D eigenvalue weighted by Gasteiger charge is 2.27. The Morgan fingerprint density at radius 1 is 0.967 bits per heavy atom. The van der Waals surface area contributed by atoms with E-state index >= 15 is 0 Å². The van der Waals surface area contributed by atoms with Crippen molar-refractivity contribution in [2.75, 3.05) is 13.2 Å². The van der Waals surface area contributed by atoms with Gasteiger partial charge in [-0.15, -0.1) is 0 Å². The van der Waals surface area contributed by atoms with E-state index in [2.05, 4.69) is 6.58 Å². The molecule has 0 N–H and O–H groups in total. The molecule has 0 aliphatic heterocycles. The highest BCUT2D eigenvalue weighted by Crippen LogP contribution is 2.28. The molecule has 1 aromatic carbocycles. The van der Waals surface area contributed by atoms with Crippen molar-refractivity contribution in [3.63, 3.8) is 0 Å². The third-order valence-electron chi connectivity index (χ3n) is 5.08. The van der Waals surface area contributed by atoms with Gasteiger partial charge < -0.3 is 14.2 Å². The topological polar surface area (TPSA) is 78.9 Å². The van der Waals surface area contributed by atoms with Crippen LogP contribution in [0.25, 0.3) is 0 Å². The molecule has 1 aliphatic carbocycles. The second kappa shape index (κ2) is 13.1. The van der Waals surface area contributed by atoms with Crippen molar-refractivity contribution in [3.8, 4) is 5.75 Å². The lowest BCUT2D eigenvalue weighted by Gasteiger charge is -2.26. The number of ether oxygens (including phenoxy) is 3. The van der Waals surface area contributed by atoms with Gasteiger partial charge in [-0.2, -0.15) is 0 Å². The first-order chi connectivity index (χ1) is 14.5. The fourth-order valence-corrected chi connectivity index (χ4v) is 3.51. The van der Waals surface area contributed by atoms with Crippen molar-refractivity contribution >= 4 is 28.8 Å². The summed E-state index contributed by atoms with van der Waals surface area (Å²) in [5, 5.41) is -0.301. The predicted molar refractivity (Wildman–Crippen MR) is 114 cm³/mol. The molecule has 0 heterocycles. The molecular formula is C23H29ClO6. The van der Waals surface area contributed by atoms with Gasteiger partial charge in [0.1, 0.15) is 11.9 Å². The van der Waals surface area contributed by atoms with Crippen LogP contribution in [0, 0.1) is 5.92 Å². The minimum atomic E-state index is -0.388. The van der Waals surface area contributed by atoms with Gasteiger partial charge in [0.05, 0.1) is 18.8 Å². The number of rotatable bonds is 12. The quantitative estimate of drug-likeness (QED) is 0.202. The van der Waals surface area contributed by atoms with Crippen LogP contribution in [0.15, 0.2) is 36.9 Å². The van der Waals surface area contributed by atoms with Gasteiger partial charge in [0.2, 0.25) is 5.24 Å². The molecule has 0 bridgehead atoms. The van der Waals surface area contributed by atoms with Crippen LogP contribution in [0.3, 0.4) is 0 Å². The lowest BCUT2D eigenvalue weighted by Crippen LogP contribution is -2.26. The summed E-state index contributed by atoms with van der Waals surface area (Å²) in [5.74, 6) is -0.166. The second-order valence-corrected chi connectivity index (χ2v) is 7.71. The van der Waals surface area contributed by atoms with E-state index in [-0.39, 0.29) is 29.2 Å². The third kappa shape index (κ3) is 8.57. The van der Waals surface area contributed by atoms with Crippen LogP contribution in [-0.4, -0.2) is 36.5 Å². The third-order valence-corrected chi connectivity index (χ3v) is 5.39. The number of hydrogen-bond donors (Lipinski definition) is 0. The average molecular weight is 437 g/mol. The molecule has 164 valence electrons. The molecule has 0 aromatic heterocycles. The van der Waals surface area contributed by atoms with Crippen LogP contribution >= 0.6 is 11.6 Å². The molecule has 1 fully saturated rings. The summed E-state index contributed by atoms with van der Waals surface area (Å²) >= 11 is 5.53. The average Bonchev–Trinajstić information content (AvgIpc) is 2.76. The minimum absolute atomic E-state index is 0.118. The Bertz CT molecular complexity index is 707. The maximum Gasteiger partial charge on any atom is 0.338 e. The summed E-state index contributed by atoms with van der Waals surface area (Å²) in [6, 6.07) is 6.90. The Morgan fingerprint density at radius 2 is 1.60 bits per heavy atom. The van der Waals surface area contributed by atoms with Crippen molar-refractivity contribution < 1.29 is 28.6 Å². The number of carbonyl (C=O) groups is 3. The summed E-state index contributed by atoms with van der Waals surface area (Å²) in [6.07, 6.45) is 7.29. The molecule has 1 aromatic rings. The second-order valence-electron chi connectivity index (χ2n) is 7.34. The standard InChI is InChI=1S/C23H29ClO6/c1-2-21(25)29-16-6-4-3-5-15-28-19-11-9-18(10-12-19)23(27)30-20-13-7-17(8-14-20)22(24)26/h2,9-12,17,20H,1,3-8,13-16H2. The fraction of sp³-hybridized carbons (Fsp3) is 0.522. The van der Waals surface area contributed by atoms with E-state index in [0.717, 1.165) is 31.8 Å². The van der Waals surface area contributed by atoms with Crippen molar-refractivity contribution in [3.05, 3.63) is 42.5 Å². The van der Waals surface area contributed by atoms with Crippen LogP contribution in [-0.2, 0) is 19.1 Å². The molecule has 0 amide bonds. The van der Waals surface area contributed by atoms with E-state index in [1.807, 2.05) is 0 Å². The zero-order valence-corrected chi connectivity index (χ0v) is 17.9. The maximum atomic E-state index is 12.3.